The van der Waals surface area contributed by atoms with Crippen LogP contribution >= 0.6 is 0 Å². The van der Waals surface area contributed by atoms with Gasteiger partial charge >= 0.3 is 0 Å². The van der Waals surface area contributed by atoms with Crippen molar-refractivity contribution in [2.45, 2.75) is 58.2 Å². The lowest BCUT2D eigenvalue weighted by atomic mass is 10.1. The van der Waals surface area contributed by atoms with Gasteiger partial charge in [-0.2, -0.15) is 0 Å². The summed E-state index contributed by atoms with van der Waals surface area (Å²) in [6.45, 7) is 6.83. The number of pyridine rings is 1. The first kappa shape index (κ1) is 14.3. The third-order valence-corrected chi connectivity index (χ3v) is 3.18. The fraction of sp³-hybridized carbons (Fsp3) is 0.667. The largest absolute Gasteiger partial charge is 0.492 e. The van der Waals surface area contributed by atoms with Gasteiger partial charge in [0.2, 0.25) is 0 Å². The van der Waals surface area contributed by atoms with E-state index in [9.17, 15) is 5.11 Å². The SMILES string of the molecule is Cc1ccc(OCCC(C)(C)O)c(CNC2CC2)n1. The highest BCUT2D eigenvalue weighted by atomic mass is 16.5. The number of aliphatic hydroxyl groups is 1. The molecule has 0 radical (unpaired) electrons. The van der Waals surface area contributed by atoms with Crippen molar-refractivity contribution in [1.29, 1.82) is 0 Å². The number of rotatable bonds is 7. The van der Waals surface area contributed by atoms with Crippen molar-refractivity contribution < 1.29 is 9.84 Å². The second-order valence-electron chi connectivity index (χ2n) is 5.96. The Morgan fingerprint density at radius 1 is 1.42 bits per heavy atom. The van der Waals surface area contributed by atoms with E-state index in [0.29, 0.717) is 19.1 Å². The molecule has 4 nitrogen and oxygen atoms in total. The summed E-state index contributed by atoms with van der Waals surface area (Å²) in [7, 11) is 0. The van der Waals surface area contributed by atoms with Crippen LogP contribution in [0.5, 0.6) is 5.75 Å². The van der Waals surface area contributed by atoms with Crippen molar-refractivity contribution in [3.8, 4) is 5.75 Å². The summed E-state index contributed by atoms with van der Waals surface area (Å²) < 4.78 is 5.76. The summed E-state index contributed by atoms with van der Waals surface area (Å²) in [6.07, 6.45) is 3.14. The standard InChI is InChI=1S/C15H24N2O2/c1-11-4-7-14(19-9-8-15(2,3)18)13(17-11)10-16-12-5-6-12/h4,7,12,16,18H,5-6,8-10H2,1-3H3. The molecular formula is C15H24N2O2. The van der Waals surface area contributed by atoms with Crippen LogP contribution in [0.2, 0.25) is 0 Å². The molecule has 1 aliphatic rings. The van der Waals surface area contributed by atoms with Crippen molar-refractivity contribution in [3.05, 3.63) is 23.5 Å². The van der Waals surface area contributed by atoms with Crippen molar-refractivity contribution in [2.24, 2.45) is 0 Å². The number of nitrogens with zero attached hydrogens (tertiary/aromatic N) is 1. The Morgan fingerprint density at radius 2 is 2.16 bits per heavy atom. The lowest BCUT2D eigenvalue weighted by Gasteiger charge is -2.18. The predicted octanol–water partition coefficient (Wildman–Crippen LogP) is 2.18. The molecule has 0 aromatic carbocycles. The fourth-order valence-electron chi connectivity index (χ4n) is 1.80. The molecule has 2 N–H and O–H groups in total. The zero-order chi connectivity index (χ0) is 13.9. The number of aryl methyl sites for hydroxylation is 1. The monoisotopic (exact) mass is 264 g/mol. The van der Waals surface area contributed by atoms with E-state index >= 15 is 0 Å². The highest BCUT2D eigenvalue weighted by molar-refractivity contribution is 5.29. The van der Waals surface area contributed by atoms with E-state index in [1.807, 2.05) is 19.1 Å². The molecule has 106 valence electrons. The van der Waals surface area contributed by atoms with Gasteiger partial charge in [0.05, 0.1) is 17.9 Å². The first-order valence-electron chi connectivity index (χ1n) is 6.99. The smallest absolute Gasteiger partial charge is 0.142 e. The highest BCUT2D eigenvalue weighted by Crippen LogP contribution is 2.22. The summed E-state index contributed by atoms with van der Waals surface area (Å²) in [6, 6.07) is 4.59. The van der Waals surface area contributed by atoms with Gasteiger partial charge in [0.25, 0.3) is 0 Å². The molecule has 0 aliphatic heterocycles. The average molecular weight is 264 g/mol. The number of hydrogen-bond donors (Lipinski definition) is 2. The maximum atomic E-state index is 9.69. The van der Waals surface area contributed by atoms with Gasteiger partial charge in [0, 0.05) is 24.7 Å². The van der Waals surface area contributed by atoms with Crippen LogP contribution in [0.25, 0.3) is 0 Å². The molecule has 1 aromatic heterocycles. The van der Waals surface area contributed by atoms with E-state index in [4.69, 9.17) is 4.74 Å². The van der Waals surface area contributed by atoms with Gasteiger partial charge in [-0.25, -0.2) is 0 Å². The second kappa shape index (κ2) is 5.88. The first-order valence-corrected chi connectivity index (χ1v) is 6.99. The van der Waals surface area contributed by atoms with E-state index in [2.05, 4.69) is 10.3 Å². The number of nitrogens with one attached hydrogen (secondary N) is 1. The van der Waals surface area contributed by atoms with Gasteiger partial charge in [-0.1, -0.05) is 0 Å². The molecule has 0 bridgehead atoms. The van der Waals surface area contributed by atoms with Crippen LogP contribution in [0.1, 0.15) is 44.5 Å². The average Bonchev–Trinajstić information content (AvgIpc) is 3.11. The third-order valence-electron chi connectivity index (χ3n) is 3.18. The van der Waals surface area contributed by atoms with Crippen LogP contribution in [0.15, 0.2) is 12.1 Å². The Bertz CT molecular complexity index is 423. The van der Waals surface area contributed by atoms with Crippen molar-refractivity contribution >= 4 is 0 Å². The zero-order valence-electron chi connectivity index (χ0n) is 12.1. The van der Waals surface area contributed by atoms with Crippen LogP contribution in [0.4, 0.5) is 0 Å². The van der Waals surface area contributed by atoms with E-state index in [1.54, 1.807) is 13.8 Å². The van der Waals surface area contributed by atoms with Gasteiger partial charge in [-0.15, -0.1) is 0 Å². The number of hydrogen-bond acceptors (Lipinski definition) is 4. The van der Waals surface area contributed by atoms with Crippen molar-refractivity contribution in [3.63, 3.8) is 0 Å². The molecule has 1 fully saturated rings. The molecule has 1 saturated carbocycles. The van der Waals surface area contributed by atoms with Crippen LogP contribution in [-0.2, 0) is 6.54 Å². The maximum absolute atomic E-state index is 9.69. The summed E-state index contributed by atoms with van der Waals surface area (Å²) in [4.78, 5) is 4.54. The fourth-order valence-corrected chi connectivity index (χ4v) is 1.80. The van der Waals surface area contributed by atoms with Gasteiger partial charge in [0.15, 0.2) is 0 Å². The molecule has 0 unspecified atom stereocenters. The summed E-state index contributed by atoms with van der Waals surface area (Å²) in [5.41, 5.74) is 1.27. The molecule has 1 aromatic rings. The molecule has 1 heterocycles. The molecule has 0 spiro atoms. The molecule has 0 saturated heterocycles. The lowest BCUT2D eigenvalue weighted by molar-refractivity contribution is 0.0551. The third kappa shape index (κ3) is 5.17. The zero-order valence-corrected chi connectivity index (χ0v) is 12.1. The molecule has 0 atom stereocenters. The van der Waals surface area contributed by atoms with Gasteiger partial charge < -0.3 is 15.2 Å². The van der Waals surface area contributed by atoms with E-state index in [-0.39, 0.29) is 0 Å². The molecular weight excluding hydrogens is 240 g/mol. The number of aromatic nitrogens is 1. The lowest BCUT2D eigenvalue weighted by Crippen LogP contribution is -2.22. The summed E-state index contributed by atoms with van der Waals surface area (Å²) >= 11 is 0. The molecule has 4 heteroatoms. The van der Waals surface area contributed by atoms with Crippen LogP contribution in [0, 0.1) is 6.92 Å². The Hall–Kier alpha value is -1.13. The van der Waals surface area contributed by atoms with E-state index in [1.165, 1.54) is 12.8 Å². The minimum atomic E-state index is -0.690. The van der Waals surface area contributed by atoms with Gasteiger partial charge in [-0.3, -0.25) is 4.98 Å². The van der Waals surface area contributed by atoms with E-state index in [0.717, 1.165) is 23.7 Å². The molecule has 19 heavy (non-hydrogen) atoms. The Balaban J connectivity index is 1.93. The minimum absolute atomic E-state index is 0.505. The molecule has 0 amide bonds. The summed E-state index contributed by atoms with van der Waals surface area (Å²) in [5, 5.41) is 13.1. The van der Waals surface area contributed by atoms with Crippen LogP contribution < -0.4 is 10.1 Å². The van der Waals surface area contributed by atoms with Gasteiger partial charge in [-0.05, 0) is 45.7 Å². The first-order chi connectivity index (χ1) is 8.94. The summed E-state index contributed by atoms with van der Waals surface area (Å²) in [5.74, 6) is 0.822. The Kier molecular flexibility index (Phi) is 4.42. The molecule has 1 aliphatic carbocycles. The topological polar surface area (TPSA) is 54.4 Å². The quantitative estimate of drug-likeness (QED) is 0.792. The Labute approximate surface area is 115 Å². The normalized spacial score (nSPS) is 15.6. The van der Waals surface area contributed by atoms with Crippen LogP contribution in [-0.4, -0.2) is 28.3 Å². The number of ether oxygens (including phenoxy) is 1. The minimum Gasteiger partial charge on any atom is -0.492 e. The van der Waals surface area contributed by atoms with Gasteiger partial charge in [0.1, 0.15) is 5.75 Å². The van der Waals surface area contributed by atoms with Crippen LogP contribution in [0.3, 0.4) is 0 Å². The predicted molar refractivity (Wildman–Crippen MR) is 75.2 cm³/mol. The molecule has 2 rings (SSSR count). The Morgan fingerprint density at radius 3 is 2.79 bits per heavy atom. The van der Waals surface area contributed by atoms with Crippen molar-refractivity contribution in [2.75, 3.05) is 6.61 Å². The highest BCUT2D eigenvalue weighted by Gasteiger charge is 2.21. The van der Waals surface area contributed by atoms with E-state index < -0.39 is 5.60 Å². The van der Waals surface area contributed by atoms with Crippen molar-refractivity contribution in [1.82, 2.24) is 10.3 Å². The maximum Gasteiger partial charge on any atom is 0.142 e. The second-order valence-corrected chi connectivity index (χ2v) is 5.96.